The number of aromatic nitrogens is 2. The number of thioether (sulfide) groups is 1. The maximum absolute atomic E-state index is 5.86. The van der Waals surface area contributed by atoms with Crippen molar-refractivity contribution in [2.45, 2.75) is 11.4 Å². The van der Waals surface area contributed by atoms with Crippen LogP contribution in [0.1, 0.15) is 0 Å². The first-order valence-corrected chi connectivity index (χ1v) is 5.37. The molecule has 0 saturated carbocycles. The number of hydrogen-bond acceptors (Lipinski definition) is 4. The fourth-order valence-corrected chi connectivity index (χ4v) is 1.47. The quantitative estimate of drug-likeness (QED) is 0.729. The molecular weight excluding hydrogens is 184 g/mol. The summed E-state index contributed by atoms with van der Waals surface area (Å²) < 4.78 is 1.84. The summed E-state index contributed by atoms with van der Waals surface area (Å²) in [4.78, 5) is 3.17. The van der Waals surface area contributed by atoms with Crippen molar-refractivity contribution in [2.75, 3.05) is 32.6 Å². The van der Waals surface area contributed by atoms with Gasteiger partial charge in [-0.2, -0.15) is 5.10 Å². The van der Waals surface area contributed by atoms with Gasteiger partial charge in [-0.15, -0.1) is 11.8 Å². The molecule has 13 heavy (non-hydrogen) atoms. The van der Waals surface area contributed by atoms with Gasteiger partial charge in [0.05, 0.1) is 17.6 Å². The molecule has 1 aromatic rings. The Bertz CT molecular complexity index is 269. The molecule has 0 saturated heterocycles. The zero-order valence-corrected chi connectivity index (χ0v) is 9.14. The Kier molecular flexibility index (Phi) is 3.62. The highest BCUT2D eigenvalue weighted by Gasteiger charge is 2.05. The van der Waals surface area contributed by atoms with Crippen LogP contribution < -0.4 is 5.73 Å². The van der Waals surface area contributed by atoms with Gasteiger partial charge in [-0.05, 0) is 20.4 Å². The van der Waals surface area contributed by atoms with E-state index < -0.39 is 0 Å². The summed E-state index contributed by atoms with van der Waals surface area (Å²) in [7, 11) is 4.07. The first-order chi connectivity index (χ1) is 6.15. The third-order valence-electron chi connectivity index (χ3n) is 1.82. The molecule has 0 fully saturated rings. The van der Waals surface area contributed by atoms with Crippen molar-refractivity contribution in [3.8, 4) is 0 Å². The van der Waals surface area contributed by atoms with Crippen LogP contribution >= 0.6 is 11.8 Å². The van der Waals surface area contributed by atoms with Crippen LogP contribution in [-0.2, 0) is 6.54 Å². The van der Waals surface area contributed by atoms with Gasteiger partial charge in [-0.25, -0.2) is 4.68 Å². The van der Waals surface area contributed by atoms with Crippen LogP contribution in [-0.4, -0.2) is 41.6 Å². The van der Waals surface area contributed by atoms with Crippen LogP contribution in [0.5, 0.6) is 0 Å². The summed E-state index contributed by atoms with van der Waals surface area (Å²) in [5.74, 6) is 0.773. The van der Waals surface area contributed by atoms with Gasteiger partial charge in [0, 0.05) is 6.54 Å². The fraction of sp³-hybridized carbons (Fsp3) is 0.625. The van der Waals surface area contributed by atoms with E-state index in [0.29, 0.717) is 0 Å². The monoisotopic (exact) mass is 200 g/mol. The third kappa shape index (κ3) is 2.63. The van der Waals surface area contributed by atoms with E-state index in [0.717, 1.165) is 23.8 Å². The van der Waals surface area contributed by atoms with Gasteiger partial charge in [0.25, 0.3) is 0 Å². The summed E-state index contributed by atoms with van der Waals surface area (Å²) in [6.45, 7) is 1.80. The van der Waals surface area contributed by atoms with Gasteiger partial charge in [0.1, 0.15) is 5.82 Å². The number of rotatable bonds is 4. The number of nitrogen functional groups attached to an aromatic ring is 1. The number of hydrogen-bond donors (Lipinski definition) is 1. The zero-order chi connectivity index (χ0) is 9.84. The van der Waals surface area contributed by atoms with Gasteiger partial charge >= 0.3 is 0 Å². The smallest absolute Gasteiger partial charge is 0.135 e. The highest BCUT2D eigenvalue weighted by Crippen LogP contribution is 2.21. The van der Waals surface area contributed by atoms with Crippen molar-refractivity contribution in [1.82, 2.24) is 14.7 Å². The van der Waals surface area contributed by atoms with E-state index in [2.05, 4.69) is 10.00 Å². The molecule has 0 atom stereocenters. The molecule has 1 rings (SSSR count). The Morgan fingerprint density at radius 3 is 2.77 bits per heavy atom. The second kappa shape index (κ2) is 4.53. The topological polar surface area (TPSA) is 47.1 Å². The molecule has 1 aromatic heterocycles. The van der Waals surface area contributed by atoms with E-state index in [9.17, 15) is 0 Å². The lowest BCUT2D eigenvalue weighted by Crippen LogP contribution is -2.19. The lowest BCUT2D eigenvalue weighted by Gasteiger charge is -2.10. The highest BCUT2D eigenvalue weighted by atomic mass is 32.2. The van der Waals surface area contributed by atoms with Gasteiger partial charge in [0.15, 0.2) is 0 Å². The van der Waals surface area contributed by atoms with Crippen LogP contribution in [0, 0.1) is 0 Å². The molecule has 0 aliphatic carbocycles. The van der Waals surface area contributed by atoms with E-state index in [-0.39, 0.29) is 0 Å². The van der Waals surface area contributed by atoms with Gasteiger partial charge in [0.2, 0.25) is 0 Å². The van der Waals surface area contributed by atoms with E-state index in [1.165, 1.54) is 0 Å². The van der Waals surface area contributed by atoms with Crippen LogP contribution in [0.25, 0.3) is 0 Å². The van der Waals surface area contributed by atoms with E-state index in [1.807, 2.05) is 31.2 Å². The summed E-state index contributed by atoms with van der Waals surface area (Å²) in [6, 6.07) is 0. The molecule has 4 nitrogen and oxygen atoms in total. The van der Waals surface area contributed by atoms with Crippen LogP contribution in [0.15, 0.2) is 11.1 Å². The SMILES string of the molecule is CSc1cnn(CCN(C)C)c1N. The highest BCUT2D eigenvalue weighted by molar-refractivity contribution is 7.98. The summed E-state index contributed by atoms with van der Waals surface area (Å²) >= 11 is 1.63. The maximum atomic E-state index is 5.86. The standard InChI is InChI=1S/C8H16N4S/c1-11(2)4-5-12-8(9)7(13-3)6-10-12/h6H,4-5,9H2,1-3H3. The molecule has 0 bridgehead atoms. The van der Waals surface area contributed by atoms with Crippen LogP contribution in [0.4, 0.5) is 5.82 Å². The molecule has 0 amide bonds. The molecule has 0 aliphatic heterocycles. The first kappa shape index (κ1) is 10.4. The third-order valence-corrected chi connectivity index (χ3v) is 2.58. The summed E-state index contributed by atoms with van der Waals surface area (Å²) in [5.41, 5.74) is 5.86. The van der Waals surface area contributed by atoms with Gasteiger partial charge in [-0.1, -0.05) is 0 Å². The molecule has 2 N–H and O–H groups in total. The molecule has 1 heterocycles. The second-order valence-corrected chi connectivity index (χ2v) is 3.97. The minimum absolute atomic E-state index is 0.773. The molecule has 0 radical (unpaired) electrons. The Morgan fingerprint density at radius 1 is 1.62 bits per heavy atom. The average Bonchev–Trinajstić information content (AvgIpc) is 2.43. The Labute approximate surface area is 83.1 Å². The van der Waals surface area contributed by atoms with E-state index >= 15 is 0 Å². The zero-order valence-electron chi connectivity index (χ0n) is 8.32. The van der Waals surface area contributed by atoms with Crippen LogP contribution in [0.2, 0.25) is 0 Å². The first-order valence-electron chi connectivity index (χ1n) is 4.15. The maximum Gasteiger partial charge on any atom is 0.135 e. The molecule has 0 unspecified atom stereocenters. The van der Waals surface area contributed by atoms with Crippen molar-refractivity contribution in [1.29, 1.82) is 0 Å². The number of anilines is 1. The minimum Gasteiger partial charge on any atom is -0.383 e. The van der Waals surface area contributed by atoms with E-state index in [4.69, 9.17) is 5.73 Å². The Morgan fingerprint density at radius 2 is 2.31 bits per heavy atom. The molecule has 0 aromatic carbocycles. The van der Waals surface area contributed by atoms with Crippen molar-refractivity contribution in [2.24, 2.45) is 0 Å². The normalized spacial score (nSPS) is 11.1. The van der Waals surface area contributed by atoms with Gasteiger partial charge in [-0.3, -0.25) is 0 Å². The minimum atomic E-state index is 0.773. The summed E-state index contributed by atoms with van der Waals surface area (Å²) in [5, 5.41) is 4.20. The van der Waals surface area contributed by atoms with Crippen molar-refractivity contribution in [3.63, 3.8) is 0 Å². The Hall–Kier alpha value is -0.680. The second-order valence-electron chi connectivity index (χ2n) is 3.12. The van der Waals surface area contributed by atoms with Crippen LogP contribution in [0.3, 0.4) is 0 Å². The summed E-state index contributed by atoms with van der Waals surface area (Å²) in [6.07, 6.45) is 3.82. The van der Waals surface area contributed by atoms with Crippen molar-refractivity contribution in [3.05, 3.63) is 6.20 Å². The number of likely N-dealkylation sites (N-methyl/N-ethyl adjacent to an activating group) is 1. The molecule has 0 aliphatic rings. The molecule has 74 valence electrons. The molecule has 5 heteroatoms. The number of nitrogens with zero attached hydrogens (tertiary/aromatic N) is 3. The fourth-order valence-electron chi connectivity index (χ4n) is 1.01. The average molecular weight is 200 g/mol. The molecule has 0 spiro atoms. The predicted molar refractivity (Wildman–Crippen MR) is 57.0 cm³/mol. The van der Waals surface area contributed by atoms with E-state index in [1.54, 1.807) is 11.8 Å². The lowest BCUT2D eigenvalue weighted by molar-refractivity contribution is 0.375. The van der Waals surface area contributed by atoms with Crippen molar-refractivity contribution >= 4 is 17.6 Å². The predicted octanol–water partition coefficient (Wildman–Crippen LogP) is 0.749. The number of nitrogens with two attached hydrogens (primary N) is 1. The molecular formula is C8H16N4S. The largest absolute Gasteiger partial charge is 0.383 e. The van der Waals surface area contributed by atoms with Crippen molar-refractivity contribution < 1.29 is 0 Å². The van der Waals surface area contributed by atoms with Gasteiger partial charge < -0.3 is 10.6 Å². The Balaban J connectivity index is 2.62. The lowest BCUT2D eigenvalue weighted by atomic mass is 10.5.